The Morgan fingerprint density at radius 2 is 2.07 bits per heavy atom. The summed E-state index contributed by atoms with van der Waals surface area (Å²) in [5.74, 6) is -1.54. The van der Waals surface area contributed by atoms with Gasteiger partial charge in [0, 0.05) is 11.4 Å². The van der Waals surface area contributed by atoms with Crippen LogP contribution in [-0.2, 0) is 4.79 Å². The van der Waals surface area contributed by atoms with E-state index in [1.54, 1.807) is 0 Å². The minimum atomic E-state index is -1.51. The van der Waals surface area contributed by atoms with Crippen molar-refractivity contribution >= 4 is 33.6 Å². The predicted molar refractivity (Wildman–Crippen MR) is 55.3 cm³/mol. The standard InChI is InChI=1S/C9H7BrFNO3/c1-5(13)12(9(14)15)8-3-2-6(10)4-7(8)11/h2-4H,1H3,(H,14,15). The highest BCUT2D eigenvalue weighted by atomic mass is 79.9. The second-order valence-electron chi connectivity index (χ2n) is 2.73. The van der Waals surface area contributed by atoms with Gasteiger partial charge in [-0.05, 0) is 18.2 Å². The second-order valence-corrected chi connectivity index (χ2v) is 3.65. The maximum Gasteiger partial charge on any atom is 0.418 e. The van der Waals surface area contributed by atoms with Crippen molar-refractivity contribution in [2.75, 3.05) is 4.90 Å². The zero-order valence-electron chi connectivity index (χ0n) is 7.70. The van der Waals surface area contributed by atoms with Crippen LogP contribution in [-0.4, -0.2) is 17.1 Å². The van der Waals surface area contributed by atoms with Gasteiger partial charge in [-0.15, -0.1) is 0 Å². The first-order valence-electron chi connectivity index (χ1n) is 3.92. The number of anilines is 1. The third kappa shape index (κ3) is 2.53. The fourth-order valence-electron chi connectivity index (χ4n) is 1.07. The number of imide groups is 1. The molecule has 4 nitrogen and oxygen atoms in total. The Balaban J connectivity index is 3.23. The van der Waals surface area contributed by atoms with Gasteiger partial charge in [0.1, 0.15) is 5.82 Å². The molecule has 15 heavy (non-hydrogen) atoms. The summed E-state index contributed by atoms with van der Waals surface area (Å²) in [6.45, 7) is 1.05. The second kappa shape index (κ2) is 4.39. The molecular weight excluding hydrogens is 269 g/mol. The molecule has 0 fully saturated rings. The van der Waals surface area contributed by atoms with E-state index in [0.717, 1.165) is 13.0 Å². The Labute approximate surface area is 93.4 Å². The predicted octanol–water partition coefficient (Wildman–Crippen LogP) is 2.62. The molecular formula is C9H7BrFNO3. The van der Waals surface area contributed by atoms with E-state index in [1.165, 1.54) is 12.1 Å². The van der Waals surface area contributed by atoms with Gasteiger partial charge in [-0.25, -0.2) is 14.1 Å². The summed E-state index contributed by atoms with van der Waals surface area (Å²) >= 11 is 3.03. The topological polar surface area (TPSA) is 57.6 Å². The van der Waals surface area contributed by atoms with Gasteiger partial charge in [-0.3, -0.25) is 4.79 Å². The maximum absolute atomic E-state index is 13.3. The average molecular weight is 276 g/mol. The minimum Gasteiger partial charge on any atom is -0.464 e. The molecule has 0 heterocycles. The van der Waals surface area contributed by atoms with Crippen molar-refractivity contribution in [1.82, 2.24) is 0 Å². The average Bonchev–Trinajstić information content (AvgIpc) is 2.08. The Kier molecular flexibility index (Phi) is 3.41. The van der Waals surface area contributed by atoms with Crippen LogP contribution in [0.3, 0.4) is 0 Å². The van der Waals surface area contributed by atoms with Crippen LogP contribution in [0, 0.1) is 5.82 Å². The maximum atomic E-state index is 13.3. The van der Waals surface area contributed by atoms with E-state index in [2.05, 4.69) is 15.9 Å². The first kappa shape index (κ1) is 11.6. The first-order valence-corrected chi connectivity index (χ1v) is 4.71. The molecule has 0 bridgehead atoms. The SMILES string of the molecule is CC(=O)N(C(=O)O)c1ccc(Br)cc1F. The van der Waals surface area contributed by atoms with Crippen molar-refractivity contribution in [1.29, 1.82) is 0 Å². The Morgan fingerprint density at radius 1 is 1.47 bits per heavy atom. The van der Waals surface area contributed by atoms with Crippen molar-refractivity contribution in [3.05, 3.63) is 28.5 Å². The van der Waals surface area contributed by atoms with Crippen LogP contribution in [0.5, 0.6) is 0 Å². The molecule has 1 rings (SSSR count). The molecule has 80 valence electrons. The molecule has 1 N–H and O–H groups in total. The normalized spacial score (nSPS) is 9.80. The molecule has 0 saturated carbocycles. The fraction of sp³-hybridized carbons (Fsp3) is 0.111. The molecule has 0 saturated heterocycles. The summed E-state index contributed by atoms with van der Waals surface area (Å²) < 4.78 is 13.8. The lowest BCUT2D eigenvalue weighted by Crippen LogP contribution is -2.34. The lowest BCUT2D eigenvalue weighted by molar-refractivity contribution is -0.116. The zero-order chi connectivity index (χ0) is 11.6. The number of hydrogen-bond acceptors (Lipinski definition) is 2. The Hall–Kier alpha value is -1.43. The van der Waals surface area contributed by atoms with E-state index in [1.807, 2.05) is 0 Å². The van der Waals surface area contributed by atoms with Gasteiger partial charge < -0.3 is 5.11 Å². The van der Waals surface area contributed by atoms with E-state index in [9.17, 15) is 14.0 Å². The monoisotopic (exact) mass is 275 g/mol. The highest BCUT2D eigenvalue weighted by Gasteiger charge is 2.22. The molecule has 1 aromatic rings. The van der Waals surface area contributed by atoms with Crippen molar-refractivity contribution < 1.29 is 19.1 Å². The molecule has 0 aliphatic heterocycles. The third-order valence-corrected chi connectivity index (χ3v) is 2.15. The van der Waals surface area contributed by atoms with Crippen LogP contribution < -0.4 is 4.90 Å². The van der Waals surface area contributed by atoms with Crippen LogP contribution >= 0.6 is 15.9 Å². The van der Waals surface area contributed by atoms with Gasteiger partial charge in [0.15, 0.2) is 0 Å². The Morgan fingerprint density at radius 3 is 2.47 bits per heavy atom. The molecule has 0 atom stereocenters. The van der Waals surface area contributed by atoms with Crippen LogP contribution in [0.4, 0.5) is 14.9 Å². The third-order valence-electron chi connectivity index (χ3n) is 1.66. The van der Waals surface area contributed by atoms with Gasteiger partial charge in [-0.1, -0.05) is 15.9 Å². The molecule has 0 aliphatic rings. The van der Waals surface area contributed by atoms with E-state index >= 15 is 0 Å². The van der Waals surface area contributed by atoms with E-state index in [-0.39, 0.29) is 5.69 Å². The van der Waals surface area contributed by atoms with Gasteiger partial charge in [0.25, 0.3) is 0 Å². The molecule has 1 aromatic carbocycles. The molecule has 0 radical (unpaired) electrons. The van der Waals surface area contributed by atoms with Gasteiger partial charge in [-0.2, -0.15) is 0 Å². The van der Waals surface area contributed by atoms with Crippen LogP contribution in [0.15, 0.2) is 22.7 Å². The van der Waals surface area contributed by atoms with Crippen molar-refractivity contribution in [3.8, 4) is 0 Å². The number of carbonyl (C=O) groups excluding carboxylic acids is 1. The lowest BCUT2D eigenvalue weighted by atomic mass is 10.3. The summed E-state index contributed by atoms with van der Waals surface area (Å²) in [4.78, 5) is 22.0. The lowest BCUT2D eigenvalue weighted by Gasteiger charge is -2.15. The van der Waals surface area contributed by atoms with Crippen LogP contribution in [0.2, 0.25) is 0 Å². The number of nitrogens with zero attached hydrogens (tertiary/aromatic N) is 1. The molecule has 2 amide bonds. The largest absolute Gasteiger partial charge is 0.464 e. The van der Waals surface area contributed by atoms with E-state index in [4.69, 9.17) is 5.11 Å². The quantitative estimate of drug-likeness (QED) is 0.857. The van der Waals surface area contributed by atoms with Gasteiger partial charge >= 0.3 is 6.09 Å². The summed E-state index contributed by atoms with van der Waals surface area (Å²) in [5, 5.41) is 8.72. The Bertz CT molecular complexity index is 408. The highest BCUT2D eigenvalue weighted by molar-refractivity contribution is 9.10. The van der Waals surface area contributed by atoms with Crippen LogP contribution in [0.1, 0.15) is 6.92 Å². The smallest absolute Gasteiger partial charge is 0.418 e. The van der Waals surface area contributed by atoms with Crippen molar-refractivity contribution in [2.45, 2.75) is 6.92 Å². The highest BCUT2D eigenvalue weighted by Crippen LogP contribution is 2.23. The summed E-state index contributed by atoms with van der Waals surface area (Å²) in [6.07, 6.45) is -1.51. The fourth-order valence-corrected chi connectivity index (χ4v) is 1.40. The molecule has 6 heteroatoms. The molecule has 0 aliphatic carbocycles. The number of benzene rings is 1. The number of amides is 2. The number of carboxylic acid groups (broad SMARTS) is 1. The molecule has 0 unspecified atom stereocenters. The first-order chi connectivity index (χ1) is 6.93. The van der Waals surface area contributed by atoms with E-state index in [0.29, 0.717) is 9.37 Å². The van der Waals surface area contributed by atoms with Crippen molar-refractivity contribution in [3.63, 3.8) is 0 Å². The number of rotatable bonds is 1. The number of hydrogen-bond donors (Lipinski definition) is 1. The molecule has 0 spiro atoms. The van der Waals surface area contributed by atoms with Gasteiger partial charge in [0.05, 0.1) is 5.69 Å². The summed E-state index contributed by atoms with van der Waals surface area (Å²) in [6, 6.07) is 3.76. The summed E-state index contributed by atoms with van der Waals surface area (Å²) in [7, 11) is 0. The van der Waals surface area contributed by atoms with Gasteiger partial charge in [0.2, 0.25) is 5.91 Å². The zero-order valence-corrected chi connectivity index (χ0v) is 9.28. The van der Waals surface area contributed by atoms with Crippen molar-refractivity contribution in [2.24, 2.45) is 0 Å². The minimum absolute atomic E-state index is 0.279. The van der Waals surface area contributed by atoms with E-state index < -0.39 is 17.8 Å². The van der Waals surface area contributed by atoms with Crippen LogP contribution in [0.25, 0.3) is 0 Å². The number of halogens is 2. The number of carbonyl (C=O) groups is 2. The molecule has 0 aromatic heterocycles. The summed E-state index contributed by atoms with van der Waals surface area (Å²) in [5.41, 5.74) is -0.279.